The lowest BCUT2D eigenvalue weighted by Crippen LogP contribution is -2.53. The van der Waals surface area contributed by atoms with Crippen LogP contribution in [-0.4, -0.2) is 54.8 Å². The van der Waals surface area contributed by atoms with Gasteiger partial charge in [0.25, 0.3) is 0 Å². The first kappa shape index (κ1) is 16.1. The molecule has 6 heteroatoms. The SMILES string of the molecule is CCCNC(CCC(F)(F)F)C1CSCCN1C. The van der Waals surface area contributed by atoms with Crippen LogP contribution in [0.5, 0.6) is 0 Å². The second kappa shape index (κ2) is 7.60. The maximum absolute atomic E-state index is 12.4. The number of rotatable bonds is 6. The highest BCUT2D eigenvalue weighted by atomic mass is 32.2. The van der Waals surface area contributed by atoms with Gasteiger partial charge in [0.15, 0.2) is 0 Å². The summed E-state index contributed by atoms with van der Waals surface area (Å²) in [6.45, 7) is 3.79. The van der Waals surface area contributed by atoms with Gasteiger partial charge in [-0.25, -0.2) is 0 Å². The molecule has 108 valence electrons. The topological polar surface area (TPSA) is 15.3 Å². The molecule has 0 saturated carbocycles. The minimum Gasteiger partial charge on any atom is -0.312 e. The number of halogens is 3. The Hall–Kier alpha value is 0.0600. The second-order valence-corrected chi connectivity index (χ2v) is 5.99. The molecule has 0 radical (unpaired) electrons. The van der Waals surface area contributed by atoms with Crippen LogP contribution in [0.25, 0.3) is 0 Å². The molecule has 0 aromatic heterocycles. The molecule has 1 aliphatic rings. The lowest BCUT2D eigenvalue weighted by atomic mass is 10.0. The third-order valence-corrected chi connectivity index (χ3v) is 4.35. The van der Waals surface area contributed by atoms with Crippen molar-refractivity contribution in [3.05, 3.63) is 0 Å². The van der Waals surface area contributed by atoms with Gasteiger partial charge in [-0.15, -0.1) is 0 Å². The predicted octanol–water partition coefficient (Wildman–Crippen LogP) is 2.74. The van der Waals surface area contributed by atoms with Crippen molar-refractivity contribution in [2.24, 2.45) is 0 Å². The molecule has 0 aromatic carbocycles. The Labute approximate surface area is 112 Å². The van der Waals surface area contributed by atoms with Crippen LogP contribution in [0.4, 0.5) is 13.2 Å². The quantitative estimate of drug-likeness (QED) is 0.807. The smallest absolute Gasteiger partial charge is 0.312 e. The van der Waals surface area contributed by atoms with Crippen molar-refractivity contribution in [1.82, 2.24) is 10.2 Å². The van der Waals surface area contributed by atoms with Crippen molar-refractivity contribution in [1.29, 1.82) is 0 Å². The third-order valence-electron chi connectivity index (χ3n) is 3.30. The van der Waals surface area contributed by atoms with Crippen LogP contribution in [0.1, 0.15) is 26.2 Å². The van der Waals surface area contributed by atoms with Crippen LogP contribution in [-0.2, 0) is 0 Å². The molecule has 1 rings (SSSR count). The first-order valence-corrected chi connectivity index (χ1v) is 7.67. The van der Waals surface area contributed by atoms with Crippen LogP contribution in [0, 0.1) is 0 Å². The fourth-order valence-electron chi connectivity index (χ4n) is 2.21. The van der Waals surface area contributed by atoms with E-state index in [1.807, 2.05) is 25.7 Å². The predicted molar refractivity (Wildman–Crippen MR) is 71.1 cm³/mol. The van der Waals surface area contributed by atoms with E-state index < -0.39 is 12.6 Å². The average molecular weight is 284 g/mol. The monoisotopic (exact) mass is 284 g/mol. The highest BCUT2D eigenvalue weighted by molar-refractivity contribution is 7.99. The van der Waals surface area contributed by atoms with Gasteiger partial charge in [0, 0.05) is 36.6 Å². The molecular weight excluding hydrogens is 261 g/mol. The van der Waals surface area contributed by atoms with Crippen LogP contribution in [0.15, 0.2) is 0 Å². The lowest BCUT2D eigenvalue weighted by molar-refractivity contribution is -0.137. The lowest BCUT2D eigenvalue weighted by Gasteiger charge is -2.38. The molecule has 18 heavy (non-hydrogen) atoms. The maximum Gasteiger partial charge on any atom is 0.389 e. The van der Waals surface area contributed by atoms with E-state index in [1.165, 1.54) is 0 Å². The van der Waals surface area contributed by atoms with Crippen LogP contribution < -0.4 is 5.32 Å². The van der Waals surface area contributed by atoms with Crippen LogP contribution in [0.2, 0.25) is 0 Å². The van der Waals surface area contributed by atoms with E-state index in [4.69, 9.17) is 0 Å². The second-order valence-electron chi connectivity index (χ2n) is 4.84. The molecule has 0 aliphatic carbocycles. The van der Waals surface area contributed by atoms with Gasteiger partial charge in [-0.05, 0) is 26.4 Å². The van der Waals surface area contributed by atoms with Crippen molar-refractivity contribution >= 4 is 11.8 Å². The molecular formula is C12H23F3N2S. The molecule has 0 spiro atoms. The Kier molecular flexibility index (Phi) is 6.81. The molecule has 2 nitrogen and oxygen atoms in total. The van der Waals surface area contributed by atoms with E-state index in [-0.39, 0.29) is 18.5 Å². The van der Waals surface area contributed by atoms with E-state index in [0.717, 1.165) is 31.0 Å². The fraction of sp³-hybridized carbons (Fsp3) is 1.00. The largest absolute Gasteiger partial charge is 0.389 e. The van der Waals surface area contributed by atoms with Crippen molar-refractivity contribution < 1.29 is 13.2 Å². The molecule has 1 aliphatic heterocycles. The van der Waals surface area contributed by atoms with Crippen molar-refractivity contribution in [3.8, 4) is 0 Å². The molecule has 1 heterocycles. The van der Waals surface area contributed by atoms with E-state index in [0.29, 0.717) is 0 Å². The molecule has 1 N–H and O–H groups in total. The highest BCUT2D eigenvalue weighted by Gasteiger charge is 2.33. The summed E-state index contributed by atoms with van der Waals surface area (Å²) in [6.07, 6.45) is -3.61. The fourth-order valence-corrected chi connectivity index (χ4v) is 3.52. The summed E-state index contributed by atoms with van der Waals surface area (Å²) in [5, 5.41) is 3.29. The van der Waals surface area contributed by atoms with Crippen molar-refractivity contribution in [2.75, 3.05) is 31.6 Å². The van der Waals surface area contributed by atoms with Gasteiger partial charge in [0.1, 0.15) is 0 Å². The van der Waals surface area contributed by atoms with Gasteiger partial charge in [0.2, 0.25) is 0 Å². The first-order valence-electron chi connectivity index (χ1n) is 6.52. The molecule has 0 bridgehead atoms. The third kappa shape index (κ3) is 5.80. The normalized spacial score (nSPS) is 24.2. The number of likely N-dealkylation sites (N-methyl/N-ethyl adjacent to an activating group) is 1. The van der Waals surface area contributed by atoms with Crippen LogP contribution in [0.3, 0.4) is 0 Å². The Morgan fingerprint density at radius 3 is 2.72 bits per heavy atom. The molecule has 0 amide bonds. The zero-order chi connectivity index (χ0) is 13.6. The molecule has 2 atom stereocenters. The standard InChI is InChI=1S/C12H23F3N2S/c1-3-6-16-10(4-5-12(13,14)15)11-9-18-8-7-17(11)2/h10-11,16H,3-9H2,1-2H3. The van der Waals surface area contributed by atoms with E-state index in [9.17, 15) is 13.2 Å². The van der Waals surface area contributed by atoms with Gasteiger partial charge in [-0.2, -0.15) is 24.9 Å². The molecule has 1 saturated heterocycles. The maximum atomic E-state index is 12.4. The van der Waals surface area contributed by atoms with Gasteiger partial charge < -0.3 is 10.2 Å². The molecule has 1 fully saturated rings. The van der Waals surface area contributed by atoms with E-state index >= 15 is 0 Å². The summed E-state index contributed by atoms with van der Waals surface area (Å²) in [5.41, 5.74) is 0. The Balaban J connectivity index is 2.52. The summed E-state index contributed by atoms with van der Waals surface area (Å²) < 4.78 is 37.1. The van der Waals surface area contributed by atoms with E-state index in [2.05, 4.69) is 10.2 Å². The zero-order valence-corrected chi connectivity index (χ0v) is 11.9. The number of nitrogens with zero attached hydrogens (tertiary/aromatic N) is 1. The number of nitrogens with one attached hydrogen (secondary N) is 1. The highest BCUT2D eigenvalue weighted by Crippen LogP contribution is 2.26. The average Bonchev–Trinajstić information content (AvgIpc) is 2.29. The van der Waals surface area contributed by atoms with Crippen molar-refractivity contribution in [3.63, 3.8) is 0 Å². The number of hydrogen-bond donors (Lipinski definition) is 1. The van der Waals surface area contributed by atoms with Crippen LogP contribution >= 0.6 is 11.8 Å². The summed E-state index contributed by atoms with van der Waals surface area (Å²) in [4.78, 5) is 2.19. The molecule has 0 aromatic rings. The number of thioether (sulfide) groups is 1. The minimum atomic E-state index is -4.05. The Morgan fingerprint density at radius 2 is 2.17 bits per heavy atom. The minimum absolute atomic E-state index is 0.0515. The van der Waals surface area contributed by atoms with Gasteiger partial charge in [-0.3, -0.25) is 0 Å². The van der Waals surface area contributed by atoms with Crippen molar-refractivity contribution in [2.45, 2.75) is 44.4 Å². The first-order chi connectivity index (χ1) is 8.44. The zero-order valence-electron chi connectivity index (χ0n) is 11.1. The number of hydrogen-bond acceptors (Lipinski definition) is 3. The van der Waals surface area contributed by atoms with Gasteiger partial charge in [0.05, 0.1) is 0 Å². The summed E-state index contributed by atoms with van der Waals surface area (Å²) >= 11 is 1.84. The molecule has 2 unspecified atom stereocenters. The summed E-state index contributed by atoms with van der Waals surface area (Å²) in [6, 6.07) is 0.169. The Morgan fingerprint density at radius 1 is 1.44 bits per heavy atom. The van der Waals surface area contributed by atoms with Gasteiger partial charge >= 0.3 is 6.18 Å². The van der Waals surface area contributed by atoms with E-state index in [1.54, 1.807) is 0 Å². The summed E-state index contributed by atoms with van der Waals surface area (Å²) in [5.74, 6) is 2.00. The van der Waals surface area contributed by atoms with Gasteiger partial charge in [-0.1, -0.05) is 6.92 Å². The summed E-state index contributed by atoms with van der Waals surface area (Å²) in [7, 11) is 2.01. The number of alkyl halides is 3. The Bertz CT molecular complexity index is 236.